The number of nitrogens with one attached hydrogen (secondary N) is 1. The summed E-state index contributed by atoms with van der Waals surface area (Å²) in [7, 11) is 0. The fourth-order valence-electron chi connectivity index (χ4n) is 1.95. The van der Waals surface area contributed by atoms with Crippen LogP contribution in [0.1, 0.15) is 0 Å². The first kappa shape index (κ1) is 13.6. The summed E-state index contributed by atoms with van der Waals surface area (Å²) in [4.78, 5) is 2.22. The number of benzene rings is 1. The van der Waals surface area contributed by atoms with Gasteiger partial charge in [-0.1, -0.05) is 11.6 Å². The lowest BCUT2D eigenvalue weighted by Gasteiger charge is -2.28. The number of β-amino-alcohol motifs (C(OH)–C–C–N with tert-alkyl or cyclic N) is 1. The average molecular weight is 271 g/mol. The molecule has 0 spiro atoms. The number of hydrogen-bond donors (Lipinski definition) is 2. The topological polar surface area (TPSA) is 44.7 Å². The Hall–Kier alpha value is -0.810. The van der Waals surface area contributed by atoms with E-state index in [1.807, 2.05) is 24.3 Å². The van der Waals surface area contributed by atoms with Crippen molar-refractivity contribution in [2.45, 2.75) is 6.10 Å². The van der Waals surface area contributed by atoms with Gasteiger partial charge in [0.25, 0.3) is 0 Å². The molecule has 0 radical (unpaired) electrons. The lowest BCUT2D eigenvalue weighted by Crippen LogP contribution is -2.42. The van der Waals surface area contributed by atoms with Crippen LogP contribution in [0.4, 0.5) is 5.69 Å². The zero-order chi connectivity index (χ0) is 12.8. The van der Waals surface area contributed by atoms with Crippen molar-refractivity contribution in [3.05, 3.63) is 29.3 Å². The maximum atomic E-state index is 9.95. The Morgan fingerprint density at radius 2 is 1.94 bits per heavy atom. The SMILES string of the molecule is O[C@H](CNc1ccc(Cl)cc1)CN1CCOCC1. The van der Waals surface area contributed by atoms with Crippen LogP contribution in [0.3, 0.4) is 0 Å². The van der Waals surface area contributed by atoms with Gasteiger partial charge in [-0.3, -0.25) is 4.90 Å². The number of hydrogen-bond acceptors (Lipinski definition) is 4. The van der Waals surface area contributed by atoms with Crippen LogP contribution in [-0.4, -0.2) is 55.5 Å². The van der Waals surface area contributed by atoms with Crippen LogP contribution < -0.4 is 5.32 Å². The van der Waals surface area contributed by atoms with Crippen molar-refractivity contribution >= 4 is 17.3 Å². The Labute approximate surface area is 113 Å². The molecule has 1 aliphatic heterocycles. The van der Waals surface area contributed by atoms with Crippen LogP contribution in [0.25, 0.3) is 0 Å². The van der Waals surface area contributed by atoms with Crippen LogP contribution in [0.5, 0.6) is 0 Å². The summed E-state index contributed by atoms with van der Waals surface area (Å²) in [5, 5.41) is 13.9. The van der Waals surface area contributed by atoms with E-state index in [1.165, 1.54) is 0 Å². The van der Waals surface area contributed by atoms with E-state index in [9.17, 15) is 5.11 Å². The molecule has 0 amide bonds. The van der Waals surface area contributed by atoms with Crippen molar-refractivity contribution in [3.8, 4) is 0 Å². The summed E-state index contributed by atoms with van der Waals surface area (Å²) < 4.78 is 5.27. The Morgan fingerprint density at radius 1 is 1.28 bits per heavy atom. The predicted molar refractivity (Wildman–Crippen MR) is 73.2 cm³/mol. The van der Waals surface area contributed by atoms with E-state index in [-0.39, 0.29) is 6.10 Å². The number of nitrogens with zero attached hydrogens (tertiary/aromatic N) is 1. The Kier molecular flexibility index (Phi) is 5.26. The molecule has 18 heavy (non-hydrogen) atoms. The molecular formula is C13H19ClN2O2. The smallest absolute Gasteiger partial charge is 0.0839 e. The molecule has 4 nitrogen and oxygen atoms in total. The highest BCUT2D eigenvalue weighted by Crippen LogP contribution is 2.13. The normalized spacial score (nSPS) is 18.6. The van der Waals surface area contributed by atoms with Gasteiger partial charge in [0.2, 0.25) is 0 Å². The van der Waals surface area contributed by atoms with Crippen LogP contribution in [0.2, 0.25) is 5.02 Å². The number of rotatable bonds is 5. The lowest BCUT2D eigenvalue weighted by atomic mass is 10.2. The molecular weight excluding hydrogens is 252 g/mol. The van der Waals surface area contributed by atoms with E-state index in [4.69, 9.17) is 16.3 Å². The minimum atomic E-state index is -0.376. The summed E-state index contributed by atoms with van der Waals surface area (Å²) in [6.07, 6.45) is -0.376. The molecule has 1 atom stereocenters. The summed E-state index contributed by atoms with van der Waals surface area (Å²) in [6, 6.07) is 7.48. The first-order valence-electron chi connectivity index (χ1n) is 6.21. The summed E-state index contributed by atoms with van der Waals surface area (Å²) in [5.74, 6) is 0. The third-order valence-electron chi connectivity index (χ3n) is 2.96. The Morgan fingerprint density at radius 3 is 2.61 bits per heavy atom. The number of aliphatic hydroxyl groups excluding tert-OH is 1. The molecule has 2 rings (SSSR count). The first-order chi connectivity index (χ1) is 8.74. The van der Waals surface area contributed by atoms with Crippen molar-refractivity contribution in [2.75, 3.05) is 44.7 Å². The fourth-order valence-corrected chi connectivity index (χ4v) is 2.08. The minimum absolute atomic E-state index is 0.376. The highest BCUT2D eigenvalue weighted by Gasteiger charge is 2.14. The highest BCUT2D eigenvalue weighted by molar-refractivity contribution is 6.30. The third kappa shape index (κ3) is 4.46. The first-order valence-corrected chi connectivity index (χ1v) is 6.59. The fraction of sp³-hybridized carbons (Fsp3) is 0.538. The molecule has 0 saturated carbocycles. The maximum absolute atomic E-state index is 9.95. The molecule has 1 aromatic carbocycles. The van der Waals surface area contributed by atoms with Crippen molar-refractivity contribution in [1.82, 2.24) is 4.90 Å². The second-order valence-electron chi connectivity index (χ2n) is 4.45. The predicted octanol–water partition coefficient (Wildman–Crippen LogP) is 1.45. The van der Waals surface area contributed by atoms with Crippen molar-refractivity contribution in [2.24, 2.45) is 0 Å². The van der Waals surface area contributed by atoms with Gasteiger partial charge in [0.15, 0.2) is 0 Å². The van der Waals surface area contributed by atoms with Crippen LogP contribution >= 0.6 is 11.6 Å². The number of aliphatic hydroxyl groups is 1. The summed E-state index contributed by atoms with van der Waals surface area (Å²) in [6.45, 7) is 4.55. The molecule has 1 saturated heterocycles. The van der Waals surface area contributed by atoms with E-state index in [1.54, 1.807) is 0 Å². The van der Waals surface area contributed by atoms with Crippen LogP contribution in [-0.2, 0) is 4.74 Å². The molecule has 1 fully saturated rings. The molecule has 0 aliphatic carbocycles. The largest absolute Gasteiger partial charge is 0.390 e. The van der Waals surface area contributed by atoms with Gasteiger partial charge in [0, 0.05) is 36.9 Å². The monoisotopic (exact) mass is 270 g/mol. The van der Waals surface area contributed by atoms with Gasteiger partial charge in [-0.2, -0.15) is 0 Å². The Balaban J connectivity index is 1.70. The minimum Gasteiger partial charge on any atom is -0.390 e. The van der Waals surface area contributed by atoms with Gasteiger partial charge in [-0.05, 0) is 24.3 Å². The van der Waals surface area contributed by atoms with Gasteiger partial charge in [-0.15, -0.1) is 0 Å². The summed E-state index contributed by atoms with van der Waals surface area (Å²) >= 11 is 5.81. The molecule has 0 bridgehead atoms. The second kappa shape index (κ2) is 6.95. The van der Waals surface area contributed by atoms with Gasteiger partial charge in [-0.25, -0.2) is 0 Å². The number of ether oxygens (including phenoxy) is 1. The molecule has 1 aromatic rings. The third-order valence-corrected chi connectivity index (χ3v) is 3.21. The van der Waals surface area contributed by atoms with E-state index in [2.05, 4.69) is 10.2 Å². The van der Waals surface area contributed by atoms with Gasteiger partial charge < -0.3 is 15.2 Å². The lowest BCUT2D eigenvalue weighted by molar-refractivity contribution is 0.0171. The molecule has 0 unspecified atom stereocenters. The zero-order valence-electron chi connectivity index (χ0n) is 10.3. The van der Waals surface area contributed by atoms with E-state index in [0.717, 1.165) is 37.0 Å². The molecule has 0 aromatic heterocycles. The standard InChI is InChI=1S/C13H19ClN2O2/c14-11-1-3-12(4-2-11)15-9-13(17)10-16-5-7-18-8-6-16/h1-4,13,15,17H,5-10H2/t13-/m1/s1. The zero-order valence-corrected chi connectivity index (χ0v) is 11.1. The van der Waals surface area contributed by atoms with Gasteiger partial charge in [0.1, 0.15) is 0 Å². The molecule has 100 valence electrons. The van der Waals surface area contributed by atoms with Crippen molar-refractivity contribution < 1.29 is 9.84 Å². The van der Waals surface area contributed by atoms with E-state index < -0.39 is 0 Å². The quantitative estimate of drug-likeness (QED) is 0.850. The van der Waals surface area contributed by atoms with E-state index in [0.29, 0.717) is 13.1 Å². The average Bonchev–Trinajstić information content (AvgIpc) is 2.39. The molecule has 2 N–H and O–H groups in total. The van der Waals surface area contributed by atoms with E-state index >= 15 is 0 Å². The number of halogens is 1. The molecule has 1 aliphatic rings. The molecule has 1 heterocycles. The number of morpholine rings is 1. The van der Waals surface area contributed by atoms with Crippen LogP contribution in [0, 0.1) is 0 Å². The van der Waals surface area contributed by atoms with Crippen molar-refractivity contribution in [3.63, 3.8) is 0 Å². The second-order valence-corrected chi connectivity index (χ2v) is 4.89. The maximum Gasteiger partial charge on any atom is 0.0839 e. The highest BCUT2D eigenvalue weighted by atomic mass is 35.5. The molecule has 5 heteroatoms. The van der Waals surface area contributed by atoms with Crippen LogP contribution in [0.15, 0.2) is 24.3 Å². The summed E-state index contributed by atoms with van der Waals surface area (Å²) in [5.41, 5.74) is 0.973. The Bertz CT molecular complexity index is 353. The van der Waals surface area contributed by atoms with Gasteiger partial charge >= 0.3 is 0 Å². The number of anilines is 1. The van der Waals surface area contributed by atoms with Gasteiger partial charge in [0.05, 0.1) is 19.3 Å². The van der Waals surface area contributed by atoms with Crippen molar-refractivity contribution in [1.29, 1.82) is 0 Å².